The fourth-order valence-electron chi connectivity index (χ4n) is 3.61. The first-order chi connectivity index (χ1) is 14.5. The standard InChI is InChI=1S/C23H21N3O4/c27-20(7-4-8-21(28)29)24-17-9-10-18-19(14-17)25-22-16(11-12-26(22)23(18)30)13-15-5-2-1-3-6-15/h1-3,5-6,9-10,13-14H,4,7-8,11-12H2,(H,24,27)(H,28,29). The van der Waals surface area contributed by atoms with E-state index >= 15 is 0 Å². The molecule has 0 aliphatic carbocycles. The number of hydrogen-bond donors (Lipinski definition) is 2. The fraction of sp³-hybridized carbons (Fsp3) is 0.217. The van der Waals surface area contributed by atoms with Crippen molar-refractivity contribution in [3.63, 3.8) is 0 Å². The molecule has 0 spiro atoms. The van der Waals surface area contributed by atoms with Crippen molar-refractivity contribution in [2.24, 2.45) is 0 Å². The second-order valence-corrected chi connectivity index (χ2v) is 7.25. The number of amides is 1. The molecule has 7 nitrogen and oxygen atoms in total. The van der Waals surface area contributed by atoms with Crippen molar-refractivity contribution >= 4 is 40.1 Å². The highest BCUT2D eigenvalue weighted by atomic mass is 16.4. The van der Waals surface area contributed by atoms with Crippen LogP contribution in [0.5, 0.6) is 0 Å². The lowest BCUT2D eigenvalue weighted by atomic mass is 10.1. The van der Waals surface area contributed by atoms with Crippen LogP contribution in [0.2, 0.25) is 0 Å². The number of carboxylic acids is 1. The largest absolute Gasteiger partial charge is 0.481 e. The Kier molecular flexibility index (Phi) is 5.43. The minimum Gasteiger partial charge on any atom is -0.481 e. The molecule has 1 aromatic heterocycles. The molecule has 1 amide bonds. The van der Waals surface area contributed by atoms with Gasteiger partial charge in [0.15, 0.2) is 0 Å². The number of nitrogens with zero attached hydrogens (tertiary/aromatic N) is 2. The molecular weight excluding hydrogens is 382 g/mol. The van der Waals surface area contributed by atoms with E-state index in [4.69, 9.17) is 10.1 Å². The Morgan fingerprint density at radius 3 is 2.70 bits per heavy atom. The van der Waals surface area contributed by atoms with Gasteiger partial charge in [0, 0.05) is 25.1 Å². The van der Waals surface area contributed by atoms with Crippen LogP contribution in [0.25, 0.3) is 22.6 Å². The summed E-state index contributed by atoms with van der Waals surface area (Å²) in [6, 6.07) is 14.9. The number of rotatable bonds is 6. The maximum Gasteiger partial charge on any atom is 0.303 e. The third-order valence-electron chi connectivity index (χ3n) is 5.07. The van der Waals surface area contributed by atoms with E-state index in [0.717, 1.165) is 17.6 Å². The van der Waals surface area contributed by atoms with E-state index < -0.39 is 5.97 Å². The van der Waals surface area contributed by atoms with Crippen molar-refractivity contribution < 1.29 is 14.7 Å². The molecule has 0 unspecified atom stereocenters. The molecule has 4 rings (SSSR count). The van der Waals surface area contributed by atoms with Crippen molar-refractivity contribution in [1.82, 2.24) is 9.55 Å². The predicted octanol–water partition coefficient (Wildman–Crippen LogP) is 3.53. The molecule has 2 N–H and O–H groups in total. The summed E-state index contributed by atoms with van der Waals surface area (Å²) < 4.78 is 1.70. The Balaban J connectivity index is 1.62. The van der Waals surface area contributed by atoms with Crippen LogP contribution in [-0.4, -0.2) is 26.5 Å². The zero-order valence-electron chi connectivity index (χ0n) is 16.3. The molecule has 0 atom stereocenters. The summed E-state index contributed by atoms with van der Waals surface area (Å²) >= 11 is 0. The van der Waals surface area contributed by atoms with Crippen LogP contribution in [-0.2, 0) is 16.1 Å². The van der Waals surface area contributed by atoms with Crippen molar-refractivity contribution in [2.75, 3.05) is 5.32 Å². The Bertz CT molecular complexity index is 1210. The lowest BCUT2D eigenvalue weighted by Crippen LogP contribution is -2.21. The third-order valence-corrected chi connectivity index (χ3v) is 5.07. The van der Waals surface area contributed by atoms with Crippen LogP contribution in [0.15, 0.2) is 53.3 Å². The highest BCUT2D eigenvalue weighted by Crippen LogP contribution is 2.28. The van der Waals surface area contributed by atoms with E-state index in [9.17, 15) is 14.4 Å². The van der Waals surface area contributed by atoms with Crippen molar-refractivity contribution in [2.45, 2.75) is 32.2 Å². The molecule has 3 aromatic rings. The molecule has 1 aliphatic rings. The smallest absolute Gasteiger partial charge is 0.303 e. The van der Waals surface area contributed by atoms with E-state index in [1.807, 2.05) is 36.4 Å². The lowest BCUT2D eigenvalue weighted by molar-refractivity contribution is -0.137. The molecular formula is C23H21N3O4. The summed E-state index contributed by atoms with van der Waals surface area (Å²) in [6.07, 6.45) is 3.13. The molecule has 2 heterocycles. The number of nitrogens with one attached hydrogen (secondary N) is 1. The van der Waals surface area contributed by atoms with Gasteiger partial charge in [-0.1, -0.05) is 30.3 Å². The van der Waals surface area contributed by atoms with Crippen LogP contribution >= 0.6 is 0 Å². The van der Waals surface area contributed by atoms with Crippen molar-refractivity contribution in [3.8, 4) is 0 Å². The van der Waals surface area contributed by atoms with Crippen LogP contribution in [0.4, 0.5) is 5.69 Å². The Morgan fingerprint density at radius 2 is 1.93 bits per heavy atom. The van der Waals surface area contributed by atoms with Gasteiger partial charge in [0.1, 0.15) is 5.82 Å². The second kappa shape index (κ2) is 8.32. The van der Waals surface area contributed by atoms with Crippen molar-refractivity contribution in [1.29, 1.82) is 0 Å². The molecule has 2 aromatic carbocycles. The minimum absolute atomic E-state index is 0.0495. The van der Waals surface area contributed by atoms with E-state index in [0.29, 0.717) is 29.0 Å². The number of allylic oxidation sites excluding steroid dienone is 1. The molecule has 152 valence electrons. The van der Waals surface area contributed by atoms with Gasteiger partial charge in [0.2, 0.25) is 5.91 Å². The van der Waals surface area contributed by atoms with Crippen LogP contribution < -0.4 is 10.9 Å². The third kappa shape index (κ3) is 4.15. The van der Waals surface area contributed by atoms with Crippen LogP contribution in [0, 0.1) is 0 Å². The summed E-state index contributed by atoms with van der Waals surface area (Å²) in [5.74, 6) is -0.536. The topological polar surface area (TPSA) is 101 Å². The highest BCUT2D eigenvalue weighted by molar-refractivity contribution is 5.94. The number of aromatic nitrogens is 2. The number of carboxylic acid groups (broad SMARTS) is 1. The van der Waals surface area contributed by atoms with E-state index in [1.54, 1.807) is 22.8 Å². The number of hydrogen-bond acceptors (Lipinski definition) is 4. The summed E-state index contributed by atoms with van der Waals surface area (Å²) in [4.78, 5) is 40.2. The molecule has 0 saturated heterocycles. The number of anilines is 1. The average molecular weight is 403 g/mol. The van der Waals surface area contributed by atoms with Crippen molar-refractivity contribution in [3.05, 3.63) is 70.3 Å². The zero-order valence-corrected chi connectivity index (χ0v) is 16.3. The summed E-state index contributed by atoms with van der Waals surface area (Å²) in [5.41, 5.74) is 3.02. The summed E-state index contributed by atoms with van der Waals surface area (Å²) in [5, 5.41) is 11.9. The number of carbonyl (C=O) groups excluding carboxylic acids is 1. The molecule has 0 radical (unpaired) electrons. The van der Waals surface area contributed by atoms with Gasteiger partial charge < -0.3 is 10.4 Å². The zero-order chi connectivity index (χ0) is 21.1. The van der Waals surface area contributed by atoms with Crippen LogP contribution in [0.1, 0.15) is 37.1 Å². The number of carbonyl (C=O) groups is 2. The average Bonchev–Trinajstić information content (AvgIpc) is 3.11. The fourth-order valence-corrected chi connectivity index (χ4v) is 3.61. The van der Waals surface area contributed by atoms with Gasteiger partial charge in [0.25, 0.3) is 5.56 Å². The molecule has 30 heavy (non-hydrogen) atoms. The van der Waals surface area contributed by atoms with Gasteiger partial charge in [0.05, 0.1) is 10.9 Å². The summed E-state index contributed by atoms with van der Waals surface area (Å²) in [7, 11) is 0. The number of aliphatic carboxylic acids is 1. The van der Waals surface area contributed by atoms with Gasteiger partial charge in [-0.2, -0.15) is 0 Å². The molecule has 1 aliphatic heterocycles. The first-order valence-electron chi connectivity index (χ1n) is 9.83. The number of fused-ring (bicyclic) bond motifs is 2. The van der Waals surface area contributed by atoms with Gasteiger partial charge >= 0.3 is 5.97 Å². The van der Waals surface area contributed by atoms with Gasteiger partial charge in [-0.05, 0) is 48.3 Å². The summed E-state index contributed by atoms with van der Waals surface area (Å²) in [6.45, 7) is 0.595. The van der Waals surface area contributed by atoms with E-state index in [1.165, 1.54) is 0 Å². The molecule has 0 fully saturated rings. The number of benzene rings is 2. The SMILES string of the molecule is O=C(O)CCCC(=O)Nc1ccc2c(=O)n3c(nc2c1)C(=Cc1ccccc1)CC3. The van der Waals surface area contributed by atoms with E-state index in [2.05, 4.69) is 5.32 Å². The Morgan fingerprint density at radius 1 is 1.13 bits per heavy atom. The highest BCUT2D eigenvalue weighted by Gasteiger charge is 2.21. The minimum atomic E-state index is -0.925. The first kappa shape index (κ1) is 19.6. The second-order valence-electron chi connectivity index (χ2n) is 7.25. The first-order valence-corrected chi connectivity index (χ1v) is 9.83. The van der Waals surface area contributed by atoms with Crippen LogP contribution in [0.3, 0.4) is 0 Å². The monoisotopic (exact) mass is 403 g/mol. The molecule has 0 saturated carbocycles. The van der Waals surface area contributed by atoms with Gasteiger partial charge in [-0.3, -0.25) is 19.0 Å². The lowest BCUT2D eigenvalue weighted by Gasteiger charge is -2.09. The quantitative estimate of drug-likeness (QED) is 0.656. The van der Waals surface area contributed by atoms with E-state index in [-0.39, 0.29) is 30.7 Å². The maximum atomic E-state index is 12.9. The molecule has 0 bridgehead atoms. The Hall–Kier alpha value is -3.74. The maximum absolute atomic E-state index is 12.9. The predicted molar refractivity (Wildman–Crippen MR) is 115 cm³/mol. The molecule has 7 heteroatoms. The van der Waals surface area contributed by atoms with Gasteiger partial charge in [-0.25, -0.2) is 4.98 Å². The normalized spacial score (nSPS) is 14.1. The van der Waals surface area contributed by atoms with Gasteiger partial charge in [-0.15, -0.1) is 0 Å². The Labute approximate surface area is 172 Å².